The van der Waals surface area contributed by atoms with Crippen LogP contribution in [-0.2, 0) is 4.79 Å². The van der Waals surface area contributed by atoms with E-state index >= 15 is 0 Å². The Morgan fingerprint density at radius 2 is 1.39 bits per heavy atom. The lowest BCUT2D eigenvalue weighted by Crippen LogP contribution is -2.60. The Hall–Kier alpha value is -3.56. The molecule has 0 aromatic heterocycles. The maximum Gasteiger partial charge on any atom is 0.251 e. The summed E-state index contributed by atoms with van der Waals surface area (Å²) >= 11 is 0. The van der Waals surface area contributed by atoms with E-state index in [1.807, 2.05) is 12.1 Å². The van der Waals surface area contributed by atoms with Crippen LogP contribution in [0.3, 0.4) is 0 Å². The molecule has 0 bridgehead atoms. The van der Waals surface area contributed by atoms with Crippen LogP contribution in [0.1, 0.15) is 35.3 Å². The molecule has 0 saturated carbocycles. The van der Waals surface area contributed by atoms with E-state index < -0.39 is 23.4 Å². The number of primary amides is 1. The molecule has 6 heteroatoms. The molecule has 0 saturated heterocycles. The number of carbonyl (C=O) groups is 2. The molecule has 2 rings (SSSR count). The average molecular weight is 378 g/mol. The molecule has 6 nitrogen and oxygen atoms in total. The summed E-state index contributed by atoms with van der Waals surface area (Å²) in [5, 5.41) is 2.57. The highest BCUT2D eigenvalue weighted by atomic mass is 16.2. The lowest BCUT2D eigenvalue weighted by atomic mass is 9.95. The summed E-state index contributed by atoms with van der Waals surface area (Å²) in [7, 11) is 0. The molecule has 28 heavy (non-hydrogen) atoms. The van der Waals surface area contributed by atoms with Crippen LogP contribution in [0.15, 0.2) is 61.7 Å². The standard InChI is InChI=1S/C20H22N4O2.C2H4/c1-20(2,23)17(18(22)25)24-19(26)15-9-5-13(6-10-15)3-4-14-7-11-16(21)12-8-14;1-2/h5-12,17H,21,23H2,1-2H3,(H2,22,25)(H,24,26);1-2H2. The normalized spacial score (nSPS) is 11.1. The van der Waals surface area contributed by atoms with E-state index in [1.165, 1.54) is 0 Å². The second-order valence-corrected chi connectivity index (χ2v) is 6.58. The maximum atomic E-state index is 12.3. The number of anilines is 1. The van der Waals surface area contributed by atoms with Crippen molar-refractivity contribution in [3.63, 3.8) is 0 Å². The Labute approximate surface area is 165 Å². The van der Waals surface area contributed by atoms with Gasteiger partial charge in [-0.1, -0.05) is 11.8 Å². The molecule has 0 aliphatic carbocycles. The van der Waals surface area contributed by atoms with E-state index in [4.69, 9.17) is 17.2 Å². The Bertz CT molecular complexity index is 870. The van der Waals surface area contributed by atoms with E-state index in [2.05, 4.69) is 30.3 Å². The quantitative estimate of drug-likeness (QED) is 0.368. The van der Waals surface area contributed by atoms with Crippen LogP contribution in [0.4, 0.5) is 5.69 Å². The van der Waals surface area contributed by atoms with Crippen LogP contribution < -0.4 is 22.5 Å². The molecule has 0 spiro atoms. The van der Waals surface area contributed by atoms with Crippen LogP contribution in [0.25, 0.3) is 0 Å². The minimum absolute atomic E-state index is 0.388. The topological polar surface area (TPSA) is 124 Å². The van der Waals surface area contributed by atoms with E-state index in [0.29, 0.717) is 11.3 Å². The highest BCUT2D eigenvalue weighted by Gasteiger charge is 2.31. The van der Waals surface area contributed by atoms with Gasteiger partial charge >= 0.3 is 0 Å². The summed E-state index contributed by atoms with van der Waals surface area (Å²) in [6.07, 6.45) is 0. The first-order chi connectivity index (χ1) is 13.2. The van der Waals surface area contributed by atoms with Crippen LogP contribution in [-0.4, -0.2) is 23.4 Å². The Morgan fingerprint density at radius 3 is 1.79 bits per heavy atom. The number of nitrogens with two attached hydrogens (primary N) is 3. The number of hydrogen-bond acceptors (Lipinski definition) is 4. The van der Waals surface area contributed by atoms with Crippen molar-refractivity contribution in [2.75, 3.05) is 5.73 Å². The third kappa shape index (κ3) is 6.63. The molecule has 146 valence electrons. The van der Waals surface area contributed by atoms with Crippen molar-refractivity contribution in [1.82, 2.24) is 5.32 Å². The van der Waals surface area contributed by atoms with Gasteiger partial charge in [-0.25, -0.2) is 0 Å². The number of benzene rings is 2. The highest BCUT2D eigenvalue weighted by molar-refractivity contribution is 5.97. The van der Waals surface area contributed by atoms with Gasteiger partial charge < -0.3 is 22.5 Å². The Kier molecular flexibility index (Phi) is 7.99. The molecule has 2 aromatic rings. The van der Waals surface area contributed by atoms with Gasteiger partial charge in [0, 0.05) is 27.9 Å². The lowest BCUT2D eigenvalue weighted by molar-refractivity contribution is -0.121. The zero-order valence-electron chi connectivity index (χ0n) is 16.2. The smallest absolute Gasteiger partial charge is 0.251 e. The summed E-state index contributed by atoms with van der Waals surface area (Å²) in [5.41, 5.74) is 18.5. The molecule has 1 unspecified atom stereocenters. The largest absolute Gasteiger partial charge is 0.399 e. The van der Waals surface area contributed by atoms with Gasteiger partial charge in [0.05, 0.1) is 0 Å². The summed E-state index contributed by atoms with van der Waals surface area (Å²) in [6, 6.07) is 13.0. The van der Waals surface area contributed by atoms with E-state index in [9.17, 15) is 9.59 Å². The number of hydrogen-bond donors (Lipinski definition) is 4. The molecular weight excluding hydrogens is 352 g/mol. The predicted molar refractivity (Wildman–Crippen MR) is 113 cm³/mol. The summed E-state index contributed by atoms with van der Waals surface area (Å²) < 4.78 is 0. The van der Waals surface area contributed by atoms with Gasteiger partial charge in [-0.3, -0.25) is 9.59 Å². The van der Waals surface area contributed by atoms with Crippen molar-refractivity contribution >= 4 is 17.5 Å². The van der Waals surface area contributed by atoms with Crippen molar-refractivity contribution in [3.05, 3.63) is 78.4 Å². The number of amides is 2. The van der Waals surface area contributed by atoms with Crippen molar-refractivity contribution in [2.45, 2.75) is 25.4 Å². The molecule has 2 amide bonds. The van der Waals surface area contributed by atoms with E-state index in [0.717, 1.165) is 11.1 Å². The van der Waals surface area contributed by atoms with E-state index in [1.54, 1.807) is 50.2 Å². The molecule has 0 radical (unpaired) electrons. The van der Waals surface area contributed by atoms with Crippen molar-refractivity contribution in [2.24, 2.45) is 11.5 Å². The predicted octanol–water partition coefficient (Wildman–Crippen LogP) is 1.79. The first-order valence-electron chi connectivity index (χ1n) is 8.53. The third-order valence-corrected chi connectivity index (χ3v) is 3.71. The zero-order chi connectivity index (χ0) is 21.3. The maximum absolute atomic E-state index is 12.3. The zero-order valence-corrected chi connectivity index (χ0v) is 16.2. The second-order valence-electron chi connectivity index (χ2n) is 6.58. The van der Waals surface area contributed by atoms with Crippen molar-refractivity contribution in [3.8, 4) is 11.8 Å². The summed E-state index contributed by atoms with van der Waals surface area (Å²) in [6.45, 7) is 9.25. The first-order valence-corrected chi connectivity index (χ1v) is 8.53. The summed E-state index contributed by atoms with van der Waals surface area (Å²) in [4.78, 5) is 23.8. The molecule has 2 aromatic carbocycles. The fraction of sp³-hybridized carbons (Fsp3) is 0.182. The first kappa shape index (κ1) is 22.5. The van der Waals surface area contributed by atoms with Crippen LogP contribution in [0.5, 0.6) is 0 Å². The van der Waals surface area contributed by atoms with Crippen molar-refractivity contribution < 1.29 is 9.59 Å². The van der Waals surface area contributed by atoms with Crippen LogP contribution >= 0.6 is 0 Å². The Balaban J connectivity index is 0.00000190. The fourth-order valence-corrected chi connectivity index (χ4v) is 2.25. The Morgan fingerprint density at radius 1 is 0.964 bits per heavy atom. The average Bonchev–Trinajstić information content (AvgIpc) is 2.66. The number of nitrogen functional groups attached to an aromatic ring is 1. The summed E-state index contributed by atoms with van der Waals surface area (Å²) in [5.74, 6) is 4.92. The number of rotatable bonds is 4. The number of carbonyl (C=O) groups excluding carboxylic acids is 2. The van der Waals surface area contributed by atoms with E-state index in [-0.39, 0.29) is 0 Å². The number of nitrogens with one attached hydrogen (secondary N) is 1. The molecule has 7 N–H and O–H groups in total. The molecule has 0 aliphatic rings. The fourth-order valence-electron chi connectivity index (χ4n) is 2.25. The minimum atomic E-state index is -0.972. The van der Waals surface area contributed by atoms with Gasteiger partial charge in [0.1, 0.15) is 6.04 Å². The molecule has 1 atom stereocenters. The molecule has 0 heterocycles. The van der Waals surface area contributed by atoms with Gasteiger partial charge in [-0.2, -0.15) is 0 Å². The molecule has 0 fully saturated rings. The molecule has 0 aliphatic heterocycles. The van der Waals surface area contributed by atoms with Gasteiger partial charge in [0.25, 0.3) is 5.91 Å². The van der Waals surface area contributed by atoms with Gasteiger partial charge in [-0.05, 0) is 62.4 Å². The van der Waals surface area contributed by atoms with Gasteiger partial charge in [0.15, 0.2) is 0 Å². The minimum Gasteiger partial charge on any atom is -0.399 e. The van der Waals surface area contributed by atoms with Crippen molar-refractivity contribution in [1.29, 1.82) is 0 Å². The second kappa shape index (κ2) is 9.95. The third-order valence-electron chi connectivity index (χ3n) is 3.71. The molecular formula is C22H26N4O2. The highest BCUT2D eigenvalue weighted by Crippen LogP contribution is 2.09. The van der Waals surface area contributed by atoms with Crippen LogP contribution in [0.2, 0.25) is 0 Å². The SMILES string of the molecule is C=C.CC(C)(N)C(NC(=O)c1ccc(C#Cc2ccc(N)cc2)cc1)C(N)=O. The van der Waals surface area contributed by atoms with Crippen LogP contribution in [0, 0.1) is 11.8 Å². The van der Waals surface area contributed by atoms with Gasteiger partial charge in [0.2, 0.25) is 5.91 Å². The van der Waals surface area contributed by atoms with Gasteiger partial charge in [-0.15, -0.1) is 13.2 Å². The monoisotopic (exact) mass is 378 g/mol. The lowest BCUT2D eigenvalue weighted by Gasteiger charge is -2.28.